The summed E-state index contributed by atoms with van der Waals surface area (Å²) in [4.78, 5) is 15.3. The van der Waals surface area contributed by atoms with Gasteiger partial charge < -0.3 is 18.9 Å². The first-order valence-corrected chi connectivity index (χ1v) is 12.2. The molecule has 0 N–H and O–H groups in total. The van der Waals surface area contributed by atoms with Crippen molar-refractivity contribution in [3.63, 3.8) is 0 Å². The van der Waals surface area contributed by atoms with Crippen molar-refractivity contribution < 1.29 is 14.3 Å². The molecular weight excluding hydrogens is 448 g/mol. The quantitative estimate of drug-likeness (QED) is 0.391. The highest BCUT2D eigenvalue weighted by Gasteiger charge is 2.39. The summed E-state index contributed by atoms with van der Waals surface area (Å²) < 4.78 is 13.8. The van der Waals surface area contributed by atoms with E-state index < -0.39 is 0 Å². The average molecular weight is 477 g/mol. The van der Waals surface area contributed by atoms with Gasteiger partial charge in [0, 0.05) is 37.0 Å². The van der Waals surface area contributed by atoms with Crippen molar-refractivity contribution in [3.05, 3.63) is 71.7 Å². The van der Waals surface area contributed by atoms with Gasteiger partial charge in [-0.25, -0.2) is 0 Å². The summed E-state index contributed by atoms with van der Waals surface area (Å²) in [5.41, 5.74) is 3.13. The molecule has 2 aliphatic rings. The Hall–Kier alpha value is -3.26. The number of para-hydroxylation sites is 3. The number of rotatable bonds is 5. The Morgan fingerprint density at radius 3 is 2.59 bits per heavy atom. The number of benzene rings is 2. The van der Waals surface area contributed by atoms with Crippen molar-refractivity contribution in [3.8, 4) is 11.5 Å². The molecule has 1 aromatic heterocycles. The largest absolute Gasteiger partial charge is 0.485 e. The van der Waals surface area contributed by atoms with E-state index in [-0.39, 0.29) is 22.6 Å². The van der Waals surface area contributed by atoms with Gasteiger partial charge in [-0.15, -0.1) is 10.2 Å². The average Bonchev–Trinajstić information content (AvgIpc) is 3.29. The second-order valence-electron chi connectivity index (χ2n) is 9.16. The summed E-state index contributed by atoms with van der Waals surface area (Å²) in [7, 11) is 3.91. The zero-order valence-electron chi connectivity index (χ0n) is 20.0. The monoisotopic (exact) mass is 476 g/mol. The number of ketones is 1. The number of hydrogen-bond donors (Lipinski definition) is 0. The van der Waals surface area contributed by atoms with Crippen LogP contribution in [-0.2, 0) is 17.3 Å². The van der Waals surface area contributed by atoms with Gasteiger partial charge in [-0.2, -0.15) is 0 Å². The fraction of sp³-hybridized carbons (Fsp3) is 0.346. The molecule has 0 spiro atoms. The van der Waals surface area contributed by atoms with Crippen molar-refractivity contribution in [2.75, 3.05) is 18.6 Å². The molecule has 2 aliphatic heterocycles. The van der Waals surface area contributed by atoms with Crippen molar-refractivity contribution in [2.24, 2.45) is 7.05 Å². The summed E-state index contributed by atoms with van der Waals surface area (Å²) in [6, 6.07) is 15.9. The van der Waals surface area contributed by atoms with Gasteiger partial charge in [0.25, 0.3) is 0 Å². The molecule has 0 saturated carbocycles. The molecule has 3 aromatic rings. The minimum atomic E-state index is -0.360. The second kappa shape index (κ2) is 8.51. The van der Waals surface area contributed by atoms with Crippen LogP contribution in [0.15, 0.2) is 65.5 Å². The van der Waals surface area contributed by atoms with E-state index in [4.69, 9.17) is 9.47 Å². The highest BCUT2D eigenvalue weighted by Crippen LogP contribution is 2.46. The third kappa shape index (κ3) is 3.76. The first kappa shape index (κ1) is 22.5. The maximum absolute atomic E-state index is 13.2. The Morgan fingerprint density at radius 1 is 1.12 bits per heavy atom. The van der Waals surface area contributed by atoms with Crippen molar-refractivity contribution in [1.29, 1.82) is 0 Å². The Labute approximate surface area is 203 Å². The first-order valence-electron chi connectivity index (χ1n) is 11.3. The normalized spacial score (nSPS) is 20.3. The molecule has 3 heterocycles. The highest BCUT2D eigenvalue weighted by molar-refractivity contribution is 8.00. The van der Waals surface area contributed by atoms with Gasteiger partial charge in [0.1, 0.15) is 6.61 Å². The minimum absolute atomic E-state index is 0.0449. The van der Waals surface area contributed by atoms with E-state index in [0.717, 1.165) is 17.1 Å². The Kier molecular flexibility index (Phi) is 5.64. The van der Waals surface area contributed by atoms with Crippen LogP contribution in [0.1, 0.15) is 38.3 Å². The predicted molar refractivity (Wildman–Crippen MR) is 133 cm³/mol. The summed E-state index contributed by atoms with van der Waals surface area (Å²) in [6.07, 6.45) is 1.42. The van der Waals surface area contributed by atoms with E-state index in [1.807, 2.05) is 62.0 Å². The van der Waals surface area contributed by atoms with Gasteiger partial charge in [-0.3, -0.25) is 4.79 Å². The molecule has 7 nitrogen and oxygen atoms in total. The molecule has 2 atom stereocenters. The highest BCUT2D eigenvalue weighted by atomic mass is 32.2. The summed E-state index contributed by atoms with van der Waals surface area (Å²) >= 11 is 1.40. The number of anilines is 1. The summed E-state index contributed by atoms with van der Waals surface area (Å²) in [5.74, 6) is 2.13. The Morgan fingerprint density at radius 2 is 1.82 bits per heavy atom. The zero-order chi connectivity index (χ0) is 24.0. The van der Waals surface area contributed by atoms with Gasteiger partial charge in [-0.05, 0) is 30.7 Å². The van der Waals surface area contributed by atoms with Crippen LogP contribution in [0.4, 0.5) is 5.69 Å². The third-order valence-corrected chi connectivity index (χ3v) is 7.72. The molecule has 0 bridgehead atoms. The Balaban J connectivity index is 1.32. The molecule has 0 amide bonds. The fourth-order valence-electron chi connectivity index (χ4n) is 4.58. The SMILES string of the molecule is CC(Sc1nnc(C2COc3ccccc3O2)n1C)C(=O)/C=C1\N(C)c2ccccc2C1(C)C. The summed E-state index contributed by atoms with van der Waals surface area (Å²) in [5, 5.41) is 9.02. The topological polar surface area (TPSA) is 69.5 Å². The van der Waals surface area contributed by atoms with E-state index in [1.54, 1.807) is 6.08 Å². The third-order valence-electron chi connectivity index (χ3n) is 6.57. The van der Waals surface area contributed by atoms with Crippen molar-refractivity contribution in [2.45, 2.75) is 42.7 Å². The number of carbonyl (C=O) groups excluding carboxylic acids is 1. The molecule has 34 heavy (non-hydrogen) atoms. The van der Waals surface area contributed by atoms with Crippen LogP contribution < -0.4 is 14.4 Å². The number of nitrogens with zero attached hydrogens (tertiary/aromatic N) is 4. The maximum Gasteiger partial charge on any atom is 0.192 e. The number of ether oxygens (including phenoxy) is 2. The number of hydrogen-bond acceptors (Lipinski definition) is 7. The van der Waals surface area contributed by atoms with Crippen LogP contribution in [0.3, 0.4) is 0 Å². The van der Waals surface area contributed by atoms with Crippen LogP contribution in [0.2, 0.25) is 0 Å². The lowest BCUT2D eigenvalue weighted by Crippen LogP contribution is -2.25. The van der Waals surface area contributed by atoms with Crippen molar-refractivity contribution >= 4 is 23.2 Å². The number of likely N-dealkylation sites (N-methyl/N-ethyl adjacent to an activating group) is 1. The van der Waals surface area contributed by atoms with E-state index >= 15 is 0 Å². The number of aromatic nitrogens is 3. The molecule has 0 aliphatic carbocycles. The van der Waals surface area contributed by atoms with Gasteiger partial charge in [0.15, 0.2) is 34.4 Å². The van der Waals surface area contributed by atoms with E-state index in [2.05, 4.69) is 41.1 Å². The van der Waals surface area contributed by atoms with Crippen molar-refractivity contribution in [1.82, 2.24) is 14.8 Å². The van der Waals surface area contributed by atoms with E-state index in [0.29, 0.717) is 23.3 Å². The van der Waals surface area contributed by atoms with Crippen LogP contribution in [0, 0.1) is 0 Å². The fourth-order valence-corrected chi connectivity index (χ4v) is 5.42. The molecule has 8 heteroatoms. The minimum Gasteiger partial charge on any atom is -0.485 e. The standard InChI is InChI=1S/C26H28N4O3S/c1-16(19(31)14-23-26(2,3)17-10-6-7-11-18(17)29(23)4)34-25-28-27-24(30(25)5)22-15-32-20-12-8-9-13-21(20)33-22/h6-14,16,22H,15H2,1-5H3/b23-14-. The Bertz CT molecular complexity index is 1280. The van der Waals surface area contributed by atoms with Crippen LogP contribution in [-0.4, -0.2) is 39.5 Å². The molecule has 2 unspecified atom stereocenters. The molecule has 5 rings (SSSR count). The van der Waals surface area contributed by atoms with Gasteiger partial charge >= 0.3 is 0 Å². The van der Waals surface area contributed by atoms with E-state index in [9.17, 15) is 4.79 Å². The lowest BCUT2D eigenvalue weighted by atomic mass is 9.83. The number of allylic oxidation sites excluding steroid dienone is 2. The predicted octanol–water partition coefficient (Wildman–Crippen LogP) is 4.69. The number of fused-ring (bicyclic) bond motifs is 2. The number of thioether (sulfide) groups is 1. The van der Waals surface area contributed by atoms with E-state index in [1.165, 1.54) is 17.3 Å². The van der Waals surface area contributed by atoms with Gasteiger partial charge in [0.2, 0.25) is 0 Å². The molecule has 0 saturated heterocycles. The lowest BCUT2D eigenvalue weighted by molar-refractivity contribution is -0.114. The molecule has 0 fully saturated rings. The molecule has 176 valence electrons. The maximum atomic E-state index is 13.2. The summed E-state index contributed by atoms with van der Waals surface area (Å²) in [6.45, 7) is 6.58. The lowest BCUT2D eigenvalue weighted by Gasteiger charge is -2.25. The molecule has 0 radical (unpaired) electrons. The van der Waals surface area contributed by atoms with Crippen LogP contribution in [0.25, 0.3) is 0 Å². The first-order chi connectivity index (χ1) is 16.3. The number of carbonyl (C=O) groups is 1. The molecule has 2 aromatic carbocycles. The zero-order valence-corrected chi connectivity index (χ0v) is 20.8. The molecular formula is C26H28N4O3S. The van der Waals surface area contributed by atoms with Gasteiger partial charge in [-0.1, -0.05) is 55.9 Å². The van der Waals surface area contributed by atoms with Crippen LogP contribution in [0.5, 0.6) is 11.5 Å². The van der Waals surface area contributed by atoms with Crippen LogP contribution >= 0.6 is 11.8 Å². The smallest absolute Gasteiger partial charge is 0.192 e. The second-order valence-corrected chi connectivity index (χ2v) is 10.5. The van der Waals surface area contributed by atoms with Gasteiger partial charge in [0.05, 0.1) is 5.25 Å².